The van der Waals surface area contributed by atoms with Gasteiger partial charge in [-0.3, -0.25) is 9.89 Å². The van der Waals surface area contributed by atoms with Crippen molar-refractivity contribution in [3.05, 3.63) is 70.9 Å². The lowest BCUT2D eigenvalue weighted by molar-refractivity contribution is 0.0706. The smallest absolute Gasteiger partial charge is 0.273 e. The Bertz CT molecular complexity index is 1010. The quantitative estimate of drug-likeness (QED) is 0.635. The molecule has 0 saturated heterocycles. The van der Waals surface area contributed by atoms with Gasteiger partial charge in [0, 0.05) is 17.7 Å². The molecule has 28 heavy (non-hydrogen) atoms. The molecule has 144 valence electrons. The molecule has 0 aliphatic carbocycles. The number of amides is 1. The number of aromatic amines is 1. The number of H-pyrrole nitrogens is 1. The number of nitrogens with zero attached hydrogens (tertiary/aromatic N) is 2. The molecule has 0 fully saturated rings. The molecule has 0 bridgehead atoms. The van der Waals surface area contributed by atoms with Crippen LogP contribution in [-0.2, 0) is 0 Å². The number of nitrogens with one attached hydrogen (secondary N) is 1. The van der Waals surface area contributed by atoms with Crippen LogP contribution in [0.1, 0.15) is 53.0 Å². The number of carbonyl (C=O) groups is 1. The molecule has 1 unspecified atom stereocenters. The molecule has 3 aromatic rings. The average molecular weight is 377 g/mol. The molecule has 2 heterocycles. The second-order valence-electron chi connectivity index (χ2n) is 7.32. The largest absolute Gasteiger partial charge is 0.507 e. The number of para-hydroxylation sites is 1. The highest BCUT2D eigenvalue weighted by Gasteiger charge is 2.42. The van der Waals surface area contributed by atoms with Gasteiger partial charge in [-0.15, -0.1) is 0 Å². The van der Waals surface area contributed by atoms with Crippen LogP contribution in [0.3, 0.4) is 0 Å². The number of aliphatic hydroxyl groups is 1. The number of fused-ring (bicyclic) bond motifs is 1. The molecule has 6 heteroatoms. The average Bonchev–Trinajstić information content (AvgIpc) is 3.22. The molecule has 1 aliphatic rings. The zero-order valence-corrected chi connectivity index (χ0v) is 15.9. The third-order valence-electron chi connectivity index (χ3n) is 5.28. The molecular formula is C22H23N3O3. The van der Waals surface area contributed by atoms with Crippen LogP contribution in [0.15, 0.2) is 48.5 Å². The summed E-state index contributed by atoms with van der Waals surface area (Å²) in [5, 5.41) is 27.0. The molecule has 1 atom stereocenters. The lowest BCUT2D eigenvalue weighted by Crippen LogP contribution is -2.32. The molecule has 1 aromatic heterocycles. The van der Waals surface area contributed by atoms with Crippen molar-refractivity contribution in [2.45, 2.75) is 25.8 Å². The molecule has 0 saturated carbocycles. The molecule has 4 rings (SSSR count). The lowest BCUT2D eigenvalue weighted by Gasteiger charge is -2.26. The summed E-state index contributed by atoms with van der Waals surface area (Å²) in [4.78, 5) is 14.6. The highest BCUT2D eigenvalue weighted by atomic mass is 16.3. The number of rotatable bonds is 5. The maximum Gasteiger partial charge on any atom is 0.273 e. The van der Waals surface area contributed by atoms with Gasteiger partial charge in [0.1, 0.15) is 17.1 Å². The number of benzene rings is 2. The summed E-state index contributed by atoms with van der Waals surface area (Å²) in [5.41, 5.74) is 4.43. The molecule has 1 amide bonds. The van der Waals surface area contributed by atoms with Crippen LogP contribution in [0.4, 0.5) is 0 Å². The Balaban J connectivity index is 1.87. The third kappa shape index (κ3) is 2.86. The van der Waals surface area contributed by atoms with E-state index in [1.165, 1.54) is 5.56 Å². The van der Waals surface area contributed by atoms with Crippen molar-refractivity contribution in [1.82, 2.24) is 15.1 Å². The number of aromatic hydroxyl groups is 1. The second-order valence-corrected chi connectivity index (χ2v) is 7.32. The van der Waals surface area contributed by atoms with Crippen LogP contribution in [0.5, 0.6) is 5.75 Å². The van der Waals surface area contributed by atoms with Crippen molar-refractivity contribution in [2.75, 3.05) is 13.2 Å². The van der Waals surface area contributed by atoms with E-state index >= 15 is 0 Å². The topological polar surface area (TPSA) is 89.5 Å². The minimum atomic E-state index is -0.371. The van der Waals surface area contributed by atoms with E-state index in [4.69, 9.17) is 0 Å². The van der Waals surface area contributed by atoms with Crippen molar-refractivity contribution in [3.8, 4) is 17.0 Å². The normalized spacial score (nSPS) is 16.1. The summed E-state index contributed by atoms with van der Waals surface area (Å²) < 4.78 is 0. The Morgan fingerprint density at radius 1 is 1.14 bits per heavy atom. The molecule has 6 nitrogen and oxygen atoms in total. The summed E-state index contributed by atoms with van der Waals surface area (Å²) >= 11 is 0. The number of aliphatic hydroxyl groups excluding tert-OH is 1. The zero-order valence-electron chi connectivity index (χ0n) is 15.9. The van der Waals surface area contributed by atoms with E-state index in [2.05, 4.69) is 36.2 Å². The number of carbonyl (C=O) groups excluding carboxylic acids is 1. The maximum atomic E-state index is 13.0. The lowest BCUT2D eigenvalue weighted by atomic mass is 9.93. The minimum absolute atomic E-state index is 0.110. The van der Waals surface area contributed by atoms with Crippen molar-refractivity contribution in [2.24, 2.45) is 0 Å². The Morgan fingerprint density at radius 3 is 2.50 bits per heavy atom. The fourth-order valence-corrected chi connectivity index (χ4v) is 3.82. The molecule has 0 spiro atoms. The minimum Gasteiger partial charge on any atom is -0.507 e. The van der Waals surface area contributed by atoms with E-state index in [-0.39, 0.29) is 30.9 Å². The van der Waals surface area contributed by atoms with E-state index in [9.17, 15) is 15.0 Å². The van der Waals surface area contributed by atoms with Gasteiger partial charge in [0.05, 0.1) is 12.6 Å². The zero-order chi connectivity index (χ0) is 19.8. The van der Waals surface area contributed by atoms with Gasteiger partial charge in [0.15, 0.2) is 0 Å². The fourth-order valence-electron chi connectivity index (χ4n) is 3.82. The van der Waals surface area contributed by atoms with Crippen molar-refractivity contribution < 1.29 is 15.0 Å². The number of β-amino-alcohol motifs (C(OH)–C–C–N with tert-alkyl or cyclic N) is 1. The molecule has 0 radical (unpaired) electrons. The van der Waals surface area contributed by atoms with Gasteiger partial charge in [-0.2, -0.15) is 5.10 Å². The maximum absolute atomic E-state index is 13.0. The standard InChI is InChI=1S/C22H23N3O3/c1-13(2)14-7-9-15(10-8-14)21-18-19(16-5-3-4-6-17(16)27)23-24-20(18)22(28)25(21)11-12-26/h3-10,13,21,26-27H,11-12H2,1-2H3,(H,23,24). The first-order valence-corrected chi connectivity index (χ1v) is 9.41. The van der Waals surface area contributed by atoms with Crippen molar-refractivity contribution in [1.29, 1.82) is 0 Å². The molecule has 2 aromatic carbocycles. The summed E-state index contributed by atoms with van der Waals surface area (Å²) in [7, 11) is 0. The van der Waals surface area contributed by atoms with Gasteiger partial charge in [0.2, 0.25) is 0 Å². The van der Waals surface area contributed by atoms with E-state index in [0.29, 0.717) is 22.9 Å². The van der Waals surface area contributed by atoms with Crippen LogP contribution >= 0.6 is 0 Å². The molecule has 3 N–H and O–H groups in total. The molecule has 1 aliphatic heterocycles. The van der Waals surface area contributed by atoms with Gasteiger partial charge >= 0.3 is 0 Å². The Morgan fingerprint density at radius 2 is 1.86 bits per heavy atom. The van der Waals surface area contributed by atoms with E-state index in [1.807, 2.05) is 18.2 Å². The number of phenolic OH excluding ortho intramolecular Hbond substituents is 1. The van der Waals surface area contributed by atoms with E-state index in [1.54, 1.807) is 23.1 Å². The summed E-state index contributed by atoms with van der Waals surface area (Å²) in [6.45, 7) is 4.36. The summed E-state index contributed by atoms with van der Waals surface area (Å²) in [6, 6.07) is 14.8. The predicted molar refractivity (Wildman–Crippen MR) is 106 cm³/mol. The fraction of sp³-hybridized carbons (Fsp3) is 0.273. The predicted octanol–water partition coefficient (Wildman–Crippen LogP) is 3.44. The third-order valence-corrected chi connectivity index (χ3v) is 5.28. The SMILES string of the molecule is CC(C)c1ccc(C2c3c(-c4ccccc4O)n[nH]c3C(=O)N2CCO)cc1. The summed E-state index contributed by atoms with van der Waals surface area (Å²) in [5.74, 6) is 0.323. The molecular weight excluding hydrogens is 354 g/mol. The van der Waals surface area contributed by atoms with Crippen LogP contribution in [-0.4, -0.2) is 44.4 Å². The van der Waals surface area contributed by atoms with E-state index < -0.39 is 0 Å². The van der Waals surface area contributed by atoms with Crippen molar-refractivity contribution in [3.63, 3.8) is 0 Å². The Hall–Kier alpha value is -3.12. The van der Waals surface area contributed by atoms with E-state index in [0.717, 1.165) is 11.1 Å². The highest BCUT2D eigenvalue weighted by molar-refractivity contribution is 6.00. The number of aromatic nitrogens is 2. The monoisotopic (exact) mass is 377 g/mol. The highest BCUT2D eigenvalue weighted by Crippen LogP contribution is 2.44. The first-order chi connectivity index (χ1) is 13.5. The van der Waals surface area contributed by atoms with Gasteiger partial charge < -0.3 is 15.1 Å². The van der Waals surface area contributed by atoms with Gasteiger partial charge in [-0.1, -0.05) is 50.2 Å². The first kappa shape index (κ1) is 18.3. The Kier molecular flexibility index (Phi) is 4.65. The van der Waals surface area contributed by atoms with Crippen LogP contribution in [0.25, 0.3) is 11.3 Å². The number of phenols is 1. The summed E-state index contributed by atoms with van der Waals surface area (Å²) in [6.07, 6.45) is 0. The van der Waals surface area contributed by atoms with Crippen molar-refractivity contribution >= 4 is 5.91 Å². The van der Waals surface area contributed by atoms with Gasteiger partial charge in [-0.05, 0) is 29.2 Å². The second kappa shape index (κ2) is 7.13. The van der Waals surface area contributed by atoms with Crippen LogP contribution in [0.2, 0.25) is 0 Å². The Labute approximate surface area is 163 Å². The first-order valence-electron chi connectivity index (χ1n) is 9.41. The number of hydrogen-bond donors (Lipinski definition) is 3. The van der Waals surface area contributed by atoms with Gasteiger partial charge in [0.25, 0.3) is 5.91 Å². The van der Waals surface area contributed by atoms with Crippen LogP contribution < -0.4 is 0 Å². The van der Waals surface area contributed by atoms with Gasteiger partial charge in [-0.25, -0.2) is 0 Å². The van der Waals surface area contributed by atoms with Crippen LogP contribution in [0, 0.1) is 0 Å². The number of hydrogen-bond acceptors (Lipinski definition) is 4.